The van der Waals surface area contributed by atoms with E-state index < -0.39 is 0 Å². The number of ether oxygens (including phenoxy) is 1. The lowest BCUT2D eigenvalue weighted by atomic mass is 10.1. The molecule has 0 aliphatic carbocycles. The van der Waals surface area contributed by atoms with Crippen LogP contribution in [0.2, 0.25) is 0 Å². The van der Waals surface area contributed by atoms with Gasteiger partial charge in [0, 0.05) is 38.1 Å². The average molecular weight is 376 g/mol. The molecule has 0 amide bonds. The quantitative estimate of drug-likeness (QED) is 0.638. The van der Waals surface area contributed by atoms with E-state index in [-0.39, 0.29) is 5.97 Å². The lowest BCUT2D eigenvalue weighted by molar-refractivity contribution is 0.0601. The summed E-state index contributed by atoms with van der Waals surface area (Å²) in [4.78, 5) is 25.4. The summed E-state index contributed by atoms with van der Waals surface area (Å²) in [5.74, 6) is 0.538. The first-order chi connectivity index (χ1) is 13.7. The van der Waals surface area contributed by atoms with Crippen LogP contribution >= 0.6 is 0 Å². The van der Waals surface area contributed by atoms with Crippen LogP contribution in [-0.2, 0) is 11.3 Å². The predicted octanol–water partition coefficient (Wildman–Crippen LogP) is 3.13. The Labute approximate surface area is 164 Å². The van der Waals surface area contributed by atoms with Gasteiger partial charge in [-0.05, 0) is 30.2 Å². The van der Waals surface area contributed by atoms with Crippen LogP contribution in [0.25, 0.3) is 10.9 Å². The van der Waals surface area contributed by atoms with Gasteiger partial charge in [-0.15, -0.1) is 0 Å². The summed E-state index contributed by atoms with van der Waals surface area (Å²) in [5, 5.41) is 0.944. The van der Waals surface area contributed by atoms with E-state index in [0.29, 0.717) is 11.6 Å². The van der Waals surface area contributed by atoms with E-state index >= 15 is 0 Å². The fourth-order valence-electron chi connectivity index (χ4n) is 3.86. The molecular formula is C22H24N4O2. The number of esters is 1. The smallest absolute Gasteiger partial charge is 0.337 e. The number of nitrogens with zero attached hydrogens (tertiary/aromatic N) is 4. The number of fused-ring (bicyclic) bond motifs is 1. The first-order valence-electron chi connectivity index (χ1n) is 9.48. The summed E-state index contributed by atoms with van der Waals surface area (Å²) >= 11 is 0. The van der Waals surface area contributed by atoms with Crippen molar-refractivity contribution in [3.05, 3.63) is 66.0 Å². The molecule has 6 heteroatoms. The highest BCUT2D eigenvalue weighted by molar-refractivity contribution is 5.97. The first-order valence-corrected chi connectivity index (χ1v) is 9.48. The van der Waals surface area contributed by atoms with Gasteiger partial charge in [0.25, 0.3) is 0 Å². The SMILES string of the molecule is COC(=O)c1ccc2c(N(C)C3CCN(Cc4ccccc4)C3)ncnc2c1. The Kier molecular flexibility index (Phi) is 5.21. The number of hydrogen-bond acceptors (Lipinski definition) is 6. The van der Waals surface area contributed by atoms with Gasteiger partial charge in [0.2, 0.25) is 0 Å². The van der Waals surface area contributed by atoms with Crippen LogP contribution in [0.1, 0.15) is 22.3 Å². The molecule has 1 aliphatic heterocycles. The number of rotatable bonds is 5. The van der Waals surface area contributed by atoms with E-state index in [1.807, 2.05) is 6.07 Å². The summed E-state index contributed by atoms with van der Waals surface area (Å²) in [6.45, 7) is 3.04. The van der Waals surface area contributed by atoms with Crippen LogP contribution in [-0.4, -0.2) is 54.1 Å². The van der Waals surface area contributed by atoms with Crippen molar-refractivity contribution < 1.29 is 9.53 Å². The molecule has 2 aromatic carbocycles. The predicted molar refractivity (Wildman–Crippen MR) is 109 cm³/mol. The topological polar surface area (TPSA) is 58.6 Å². The maximum Gasteiger partial charge on any atom is 0.337 e. The first kappa shape index (κ1) is 18.4. The van der Waals surface area contributed by atoms with Crippen molar-refractivity contribution in [1.82, 2.24) is 14.9 Å². The summed E-state index contributed by atoms with van der Waals surface area (Å²) in [5.41, 5.74) is 2.59. The molecule has 6 nitrogen and oxygen atoms in total. The molecule has 3 aromatic rings. The standard InChI is InChI=1S/C22H24N4O2/c1-25(18-10-11-26(14-18)13-16-6-4-3-5-7-16)21-19-9-8-17(22(27)28-2)12-20(19)23-15-24-21/h3-9,12,15,18H,10-11,13-14H2,1-2H3. The third kappa shape index (κ3) is 3.68. The van der Waals surface area contributed by atoms with E-state index in [1.54, 1.807) is 18.5 Å². The van der Waals surface area contributed by atoms with Gasteiger partial charge in [-0.2, -0.15) is 0 Å². The zero-order valence-corrected chi connectivity index (χ0v) is 16.2. The fourth-order valence-corrected chi connectivity index (χ4v) is 3.86. The molecule has 28 heavy (non-hydrogen) atoms. The van der Waals surface area contributed by atoms with E-state index in [4.69, 9.17) is 4.74 Å². The summed E-state index contributed by atoms with van der Waals surface area (Å²) < 4.78 is 4.81. The molecule has 0 saturated carbocycles. The molecule has 1 unspecified atom stereocenters. The molecule has 1 aliphatic rings. The Hall–Kier alpha value is -2.99. The molecule has 1 saturated heterocycles. The molecule has 4 rings (SSSR count). The summed E-state index contributed by atoms with van der Waals surface area (Å²) in [7, 11) is 3.47. The number of carbonyl (C=O) groups excluding carboxylic acids is 1. The molecule has 2 heterocycles. The number of carbonyl (C=O) groups is 1. The molecular weight excluding hydrogens is 352 g/mol. The minimum absolute atomic E-state index is 0.359. The maximum absolute atomic E-state index is 11.8. The zero-order chi connectivity index (χ0) is 19.5. The summed E-state index contributed by atoms with van der Waals surface area (Å²) in [6.07, 6.45) is 2.65. The molecule has 0 radical (unpaired) electrons. The molecule has 1 atom stereocenters. The lowest BCUT2D eigenvalue weighted by Gasteiger charge is -2.27. The molecule has 1 aromatic heterocycles. The lowest BCUT2D eigenvalue weighted by Crippen LogP contribution is -2.35. The number of aromatic nitrogens is 2. The minimum atomic E-state index is -0.359. The Balaban J connectivity index is 1.52. The van der Waals surface area contributed by atoms with Gasteiger partial charge in [0.05, 0.1) is 18.2 Å². The van der Waals surface area contributed by atoms with Crippen molar-refractivity contribution in [3.63, 3.8) is 0 Å². The fraction of sp³-hybridized carbons (Fsp3) is 0.318. The van der Waals surface area contributed by atoms with Crippen LogP contribution in [0, 0.1) is 0 Å². The second kappa shape index (κ2) is 7.94. The van der Waals surface area contributed by atoms with Crippen molar-refractivity contribution in [3.8, 4) is 0 Å². The van der Waals surface area contributed by atoms with Gasteiger partial charge in [-0.3, -0.25) is 4.90 Å². The van der Waals surface area contributed by atoms with Crippen molar-refractivity contribution in [1.29, 1.82) is 0 Å². The molecule has 0 spiro atoms. The van der Waals surface area contributed by atoms with Gasteiger partial charge >= 0.3 is 5.97 Å². The monoisotopic (exact) mass is 376 g/mol. The van der Waals surface area contributed by atoms with Crippen molar-refractivity contribution in [2.45, 2.75) is 19.0 Å². The third-order valence-corrected chi connectivity index (χ3v) is 5.41. The number of benzene rings is 2. The molecule has 1 fully saturated rings. The Morgan fingerprint density at radius 3 is 2.82 bits per heavy atom. The number of hydrogen-bond donors (Lipinski definition) is 0. The zero-order valence-electron chi connectivity index (χ0n) is 16.2. The third-order valence-electron chi connectivity index (χ3n) is 5.41. The highest BCUT2D eigenvalue weighted by Crippen LogP contribution is 2.27. The molecule has 144 valence electrons. The van der Waals surface area contributed by atoms with Crippen molar-refractivity contribution in [2.75, 3.05) is 32.1 Å². The van der Waals surface area contributed by atoms with Crippen LogP contribution in [0.5, 0.6) is 0 Å². The average Bonchev–Trinajstić information content (AvgIpc) is 3.21. The Morgan fingerprint density at radius 2 is 2.04 bits per heavy atom. The second-order valence-corrected chi connectivity index (χ2v) is 7.19. The number of anilines is 1. The van der Waals surface area contributed by atoms with Gasteiger partial charge in [-0.25, -0.2) is 14.8 Å². The maximum atomic E-state index is 11.8. The Bertz CT molecular complexity index is 977. The van der Waals surface area contributed by atoms with Crippen molar-refractivity contribution in [2.24, 2.45) is 0 Å². The van der Waals surface area contributed by atoms with Crippen LogP contribution in [0.3, 0.4) is 0 Å². The second-order valence-electron chi connectivity index (χ2n) is 7.19. The van der Waals surface area contributed by atoms with E-state index in [1.165, 1.54) is 12.7 Å². The normalized spacial score (nSPS) is 17.0. The summed E-state index contributed by atoms with van der Waals surface area (Å²) in [6, 6.07) is 16.4. The van der Waals surface area contributed by atoms with Gasteiger partial charge < -0.3 is 9.64 Å². The van der Waals surface area contributed by atoms with Crippen LogP contribution in [0.15, 0.2) is 54.9 Å². The highest BCUT2D eigenvalue weighted by atomic mass is 16.5. The largest absolute Gasteiger partial charge is 0.465 e. The van der Waals surface area contributed by atoms with Gasteiger partial charge in [-0.1, -0.05) is 30.3 Å². The highest BCUT2D eigenvalue weighted by Gasteiger charge is 2.27. The number of likely N-dealkylation sites (tertiary alicyclic amines) is 1. The van der Waals surface area contributed by atoms with E-state index in [2.05, 4.69) is 57.1 Å². The van der Waals surface area contributed by atoms with E-state index in [0.717, 1.165) is 42.8 Å². The van der Waals surface area contributed by atoms with Gasteiger partial charge in [0.15, 0.2) is 0 Å². The molecule has 0 N–H and O–H groups in total. The Morgan fingerprint density at radius 1 is 1.21 bits per heavy atom. The number of methoxy groups -OCH3 is 1. The van der Waals surface area contributed by atoms with Crippen molar-refractivity contribution >= 4 is 22.7 Å². The number of likely N-dealkylation sites (N-methyl/N-ethyl adjacent to an activating group) is 1. The van der Waals surface area contributed by atoms with Crippen LogP contribution < -0.4 is 4.90 Å². The molecule has 0 bridgehead atoms. The van der Waals surface area contributed by atoms with Gasteiger partial charge in [0.1, 0.15) is 12.1 Å². The minimum Gasteiger partial charge on any atom is -0.465 e. The van der Waals surface area contributed by atoms with E-state index in [9.17, 15) is 4.79 Å². The van der Waals surface area contributed by atoms with Crippen LogP contribution in [0.4, 0.5) is 5.82 Å².